The van der Waals surface area contributed by atoms with Crippen molar-refractivity contribution < 1.29 is 5.11 Å². The van der Waals surface area contributed by atoms with E-state index in [-0.39, 0.29) is 6.61 Å². The normalized spacial score (nSPS) is 10.2. The lowest BCUT2D eigenvalue weighted by atomic mass is 10.1. The van der Waals surface area contributed by atoms with Crippen LogP contribution in [0, 0.1) is 0 Å². The first-order valence-corrected chi connectivity index (χ1v) is 4.24. The van der Waals surface area contributed by atoms with Crippen molar-refractivity contribution in [2.75, 3.05) is 0 Å². The van der Waals surface area contributed by atoms with E-state index in [1.807, 2.05) is 42.6 Å². The molecule has 0 bridgehead atoms. The van der Waals surface area contributed by atoms with Crippen molar-refractivity contribution in [3.05, 3.63) is 48.2 Å². The maximum Gasteiger partial charge on any atom is 0.0681 e. The van der Waals surface area contributed by atoms with Gasteiger partial charge in [-0.1, -0.05) is 24.3 Å². The fourth-order valence-electron chi connectivity index (χ4n) is 1.30. The lowest BCUT2D eigenvalue weighted by Gasteiger charge is -1.99. The standard InChI is InChI=1S/C11H11NO/c13-8-9-3-5-10(6-4-9)11-2-1-7-12-11/h1-7,12-13H,8H2. The van der Waals surface area contributed by atoms with Gasteiger partial charge < -0.3 is 10.1 Å². The van der Waals surface area contributed by atoms with Crippen molar-refractivity contribution in [2.24, 2.45) is 0 Å². The van der Waals surface area contributed by atoms with Gasteiger partial charge in [0.25, 0.3) is 0 Å². The summed E-state index contributed by atoms with van der Waals surface area (Å²) in [6.45, 7) is 0.102. The van der Waals surface area contributed by atoms with Crippen LogP contribution in [0.4, 0.5) is 0 Å². The first-order chi connectivity index (χ1) is 6.40. The Bertz CT molecular complexity index is 361. The molecule has 2 rings (SSSR count). The number of aliphatic hydroxyl groups is 1. The zero-order valence-electron chi connectivity index (χ0n) is 7.20. The van der Waals surface area contributed by atoms with Crippen LogP contribution >= 0.6 is 0 Å². The Kier molecular flexibility index (Phi) is 2.15. The summed E-state index contributed by atoms with van der Waals surface area (Å²) in [6, 6.07) is 11.8. The van der Waals surface area contributed by atoms with E-state index in [0.717, 1.165) is 16.8 Å². The van der Waals surface area contributed by atoms with Crippen molar-refractivity contribution in [3.8, 4) is 11.3 Å². The van der Waals surface area contributed by atoms with Gasteiger partial charge in [0, 0.05) is 11.9 Å². The molecule has 0 amide bonds. The first kappa shape index (κ1) is 8.08. The lowest BCUT2D eigenvalue weighted by Crippen LogP contribution is -1.82. The van der Waals surface area contributed by atoms with Crippen molar-refractivity contribution in [2.45, 2.75) is 6.61 Å². The average Bonchev–Trinajstić information content (AvgIpc) is 2.71. The van der Waals surface area contributed by atoms with Crippen LogP contribution in [0.15, 0.2) is 42.6 Å². The number of hydrogen-bond acceptors (Lipinski definition) is 1. The van der Waals surface area contributed by atoms with Gasteiger partial charge in [-0.15, -0.1) is 0 Å². The van der Waals surface area contributed by atoms with Crippen LogP contribution < -0.4 is 0 Å². The van der Waals surface area contributed by atoms with E-state index >= 15 is 0 Å². The van der Waals surface area contributed by atoms with E-state index < -0.39 is 0 Å². The third-order valence-corrected chi connectivity index (χ3v) is 2.05. The van der Waals surface area contributed by atoms with Crippen molar-refractivity contribution in [1.29, 1.82) is 0 Å². The van der Waals surface area contributed by atoms with Gasteiger partial charge in [-0.2, -0.15) is 0 Å². The van der Waals surface area contributed by atoms with Crippen molar-refractivity contribution >= 4 is 0 Å². The van der Waals surface area contributed by atoms with Crippen LogP contribution in [0.1, 0.15) is 5.56 Å². The fourth-order valence-corrected chi connectivity index (χ4v) is 1.30. The minimum absolute atomic E-state index is 0.102. The molecular weight excluding hydrogens is 162 g/mol. The van der Waals surface area contributed by atoms with Crippen LogP contribution in [0.3, 0.4) is 0 Å². The Morgan fingerprint density at radius 3 is 2.38 bits per heavy atom. The third kappa shape index (κ3) is 1.63. The molecule has 0 unspecified atom stereocenters. The number of rotatable bonds is 2. The number of nitrogens with one attached hydrogen (secondary N) is 1. The molecule has 2 heteroatoms. The molecule has 0 aliphatic heterocycles. The van der Waals surface area contributed by atoms with Gasteiger partial charge in [-0.3, -0.25) is 0 Å². The zero-order valence-corrected chi connectivity index (χ0v) is 7.20. The number of H-pyrrole nitrogens is 1. The number of benzene rings is 1. The van der Waals surface area contributed by atoms with Crippen LogP contribution in [-0.4, -0.2) is 10.1 Å². The summed E-state index contributed by atoms with van der Waals surface area (Å²) >= 11 is 0. The smallest absolute Gasteiger partial charge is 0.0681 e. The molecule has 66 valence electrons. The van der Waals surface area contributed by atoms with E-state index in [0.29, 0.717) is 0 Å². The summed E-state index contributed by atoms with van der Waals surface area (Å²) in [4.78, 5) is 3.13. The molecule has 2 N–H and O–H groups in total. The van der Waals surface area contributed by atoms with E-state index in [9.17, 15) is 0 Å². The Balaban J connectivity index is 2.33. The summed E-state index contributed by atoms with van der Waals surface area (Å²) in [6.07, 6.45) is 1.90. The molecule has 1 aromatic carbocycles. The summed E-state index contributed by atoms with van der Waals surface area (Å²) in [5, 5.41) is 8.85. The number of aliphatic hydroxyl groups excluding tert-OH is 1. The molecule has 0 aliphatic rings. The van der Waals surface area contributed by atoms with Gasteiger partial charge in [0.05, 0.1) is 6.61 Å². The van der Waals surface area contributed by atoms with E-state index in [4.69, 9.17) is 5.11 Å². The summed E-state index contributed by atoms with van der Waals surface area (Å²) in [5.41, 5.74) is 3.18. The summed E-state index contributed by atoms with van der Waals surface area (Å²) in [5.74, 6) is 0. The molecule has 2 aromatic rings. The highest BCUT2D eigenvalue weighted by atomic mass is 16.3. The highest BCUT2D eigenvalue weighted by molar-refractivity contribution is 5.59. The lowest BCUT2D eigenvalue weighted by molar-refractivity contribution is 0.282. The second kappa shape index (κ2) is 3.46. The van der Waals surface area contributed by atoms with Crippen molar-refractivity contribution in [1.82, 2.24) is 4.98 Å². The van der Waals surface area contributed by atoms with E-state index in [1.54, 1.807) is 0 Å². The van der Waals surface area contributed by atoms with Crippen LogP contribution in [-0.2, 0) is 6.61 Å². The number of aromatic nitrogens is 1. The van der Waals surface area contributed by atoms with Gasteiger partial charge in [0.15, 0.2) is 0 Å². The van der Waals surface area contributed by atoms with Crippen LogP contribution in [0.5, 0.6) is 0 Å². The molecule has 0 fully saturated rings. The third-order valence-electron chi connectivity index (χ3n) is 2.05. The maximum atomic E-state index is 8.85. The summed E-state index contributed by atoms with van der Waals surface area (Å²) < 4.78 is 0. The van der Waals surface area contributed by atoms with Gasteiger partial charge >= 0.3 is 0 Å². The minimum Gasteiger partial charge on any atom is -0.392 e. The molecule has 1 heterocycles. The quantitative estimate of drug-likeness (QED) is 0.717. The van der Waals surface area contributed by atoms with Crippen molar-refractivity contribution in [3.63, 3.8) is 0 Å². The first-order valence-electron chi connectivity index (χ1n) is 4.24. The molecule has 1 aromatic heterocycles. The Morgan fingerprint density at radius 1 is 1.08 bits per heavy atom. The second-order valence-electron chi connectivity index (χ2n) is 2.94. The van der Waals surface area contributed by atoms with E-state index in [1.165, 1.54) is 0 Å². The topological polar surface area (TPSA) is 36.0 Å². The molecule has 13 heavy (non-hydrogen) atoms. The summed E-state index contributed by atoms with van der Waals surface area (Å²) in [7, 11) is 0. The molecular formula is C11H11NO. The Hall–Kier alpha value is -1.54. The molecule has 0 aliphatic carbocycles. The SMILES string of the molecule is OCc1ccc(-c2ccc[nH]2)cc1. The minimum atomic E-state index is 0.102. The molecule has 2 nitrogen and oxygen atoms in total. The number of hydrogen-bond donors (Lipinski definition) is 2. The zero-order chi connectivity index (χ0) is 9.10. The monoisotopic (exact) mass is 173 g/mol. The van der Waals surface area contributed by atoms with Gasteiger partial charge in [0.1, 0.15) is 0 Å². The molecule has 0 saturated heterocycles. The fraction of sp³-hybridized carbons (Fsp3) is 0.0909. The highest BCUT2D eigenvalue weighted by Crippen LogP contribution is 2.17. The second-order valence-corrected chi connectivity index (χ2v) is 2.94. The average molecular weight is 173 g/mol. The highest BCUT2D eigenvalue weighted by Gasteiger charge is 1.96. The van der Waals surface area contributed by atoms with E-state index in [2.05, 4.69) is 4.98 Å². The maximum absolute atomic E-state index is 8.85. The van der Waals surface area contributed by atoms with Gasteiger partial charge in [-0.25, -0.2) is 0 Å². The molecule has 0 saturated carbocycles. The Morgan fingerprint density at radius 2 is 1.85 bits per heavy atom. The van der Waals surface area contributed by atoms with Crippen LogP contribution in [0.25, 0.3) is 11.3 Å². The predicted octanol–water partition coefficient (Wildman–Crippen LogP) is 2.17. The molecule has 0 spiro atoms. The molecule has 0 atom stereocenters. The number of aromatic amines is 1. The van der Waals surface area contributed by atoms with Gasteiger partial charge in [-0.05, 0) is 23.3 Å². The van der Waals surface area contributed by atoms with Crippen LogP contribution in [0.2, 0.25) is 0 Å². The molecule has 0 radical (unpaired) electrons. The Labute approximate surface area is 76.9 Å². The largest absolute Gasteiger partial charge is 0.392 e. The van der Waals surface area contributed by atoms with Gasteiger partial charge in [0.2, 0.25) is 0 Å². The predicted molar refractivity (Wildman–Crippen MR) is 52.2 cm³/mol.